The van der Waals surface area contributed by atoms with Crippen molar-refractivity contribution in [1.29, 1.82) is 0 Å². The van der Waals surface area contributed by atoms with Crippen molar-refractivity contribution in [3.8, 4) is 11.5 Å². The van der Waals surface area contributed by atoms with E-state index in [2.05, 4.69) is 11.4 Å². The van der Waals surface area contributed by atoms with Crippen LogP contribution in [0.2, 0.25) is 0 Å². The van der Waals surface area contributed by atoms with Gasteiger partial charge >= 0.3 is 0 Å². The smallest absolute Gasteiger partial charge is 0.261 e. The van der Waals surface area contributed by atoms with Crippen LogP contribution >= 0.6 is 0 Å². The Hall–Kier alpha value is -2.49. The number of aryl methyl sites for hydroxylation is 3. The maximum atomic E-state index is 12.4. The maximum Gasteiger partial charge on any atom is 0.261 e. The van der Waals surface area contributed by atoms with Crippen molar-refractivity contribution in [2.75, 3.05) is 6.61 Å². The molecule has 0 aliphatic rings. The molecule has 26 heavy (non-hydrogen) atoms. The van der Waals surface area contributed by atoms with Gasteiger partial charge in [-0.3, -0.25) is 4.79 Å². The van der Waals surface area contributed by atoms with Gasteiger partial charge in [0.25, 0.3) is 5.91 Å². The van der Waals surface area contributed by atoms with Crippen LogP contribution in [0.15, 0.2) is 36.4 Å². The minimum Gasteiger partial charge on any atom is -0.491 e. The number of amides is 1. The number of benzene rings is 2. The average molecular weight is 355 g/mol. The molecule has 2 aromatic rings. The van der Waals surface area contributed by atoms with Gasteiger partial charge in [-0.2, -0.15) is 0 Å². The van der Waals surface area contributed by atoms with Crippen LogP contribution in [0.4, 0.5) is 0 Å². The van der Waals surface area contributed by atoms with E-state index in [9.17, 15) is 4.79 Å². The van der Waals surface area contributed by atoms with Crippen molar-refractivity contribution >= 4 is 5.91 Å². The predicted molar refractivity (Wildman–Crippen MR) is 105 cm³/mol. The fourth-order valence-corrected chi connectivity index (χ4v) is 2.62. The molecule has 2 rings (SSSR count). The standard InChI is InChI=1S/C22H29NO3/c1-14-7-9-20(10-8-14)25-13-17(4)23-22(24)19(6)26-21-12-15(2)11-16(3)18(21)5/h7-12,17,19H,13H2,1-6H3,(H,23,24)/t17-,19+/m1/s1. The molecule has 4 nitrogen and oxygen atoms in total. The molecule has 0 bridgehead atoms. The van der Waals surface area contributed by atoms with Crippen LogP contribution in [0.5, 0.6) is 11.5 Å². The summed E-state index contributed by atoms with van der Waals surface area (Å²) in [6.45, 7) is 12.2. The second-order valence-electron chi connectivity index (χ2n) is 7.00. The van der Waals surface area contributed by atoms with Crippen LogP contribution in [-0.2, 0) is 4.79 Å². The molecule has 140 valence electrons. The second-order valence-corrected chi connectivity index (χ2v) is 7.00. The molecule has 0 aromatic heterocycles. The van der Waals surface area contributed by atoms with E-state index in [4.69, 9.17) is 9.47 Å². The fourth-order valence-electron chi connectivity index (χ4n) is 2.62. The van der Waals surface area contributed by atoms with Gasteiger partial charge in [0.05, 0.1) is 6.04 Å². The Morgan fingerprint density at radius 2 is 1.65 bits per heavy atom. The van der Waals surface area contributed by atoms with Crippen LogP contribution in [0.1, 0.15) is 36.1 Å². The topological polar surface area (TPSA) is 47.6 Å². The third-order valence-corrected chi connectivity index (χ3v) is 4.35. The van der Waals surface area contributed by atoms with Crippen molar-refractivity contribution in [2.24, 2.45) is 0 Å². The number of ether oxygens (including phenoxy) is 2. The summed E-state index contributed by atoms with van der Waals surface area (Å²) in [6, 6.07) is 11.8. The molecule has 1 amide bonds. The lowest BCUT2D eigenvalue weighted by atomic mass is 10.1. The molecule has 0 fully saturated rings. The van der Waals surface area contributed by atoms with E-state index in [0.717, 1.165) is 28.2 Å². The minimum atomic E-state index is -0.572. The Morgan fingerprint density at radius 1 is 1.00 bits per heavy atom. The third-order valence-electron chi connectivity index (χ3n) is 4.35. The zero-order valence-corrected chi connectivity index (χ0v) is 16.6. The largest absolute Gasteiger partial charge is 0.491 e. The summed E-state index contributed by atoms with van der Waals surface area (Å²) in [5.41, 5.74) is 4.53. The molecular formula is C22H29NO3. The molecule has 0 unspecified atom stereocenters. The van der Waals surface area contributed by atoms with Gasteiger partial charge in [-0.05, 0) is 76.4 Å². The molecule has 0 saturated carbocycles. The van der Waals surface area contributed by atoms with Crippen LogP contribution < -0.4 is 14.8 Å². The highest BCUT2D eigenvalue weighted by molar-refractivity contribution is 5.81. The van der Waals surface area contributed by atoms with Crippen molar-refractivity contribution in [3.63, 3.8) is 0 Å². The van der Waals surface area contributed by atoms with E-state index in [1.807, 2.05) is 65.0 Å². The molecule has 1 N–H and O–H groups in total. The summed E-state index contributed by atoms with van der Waals surface area (Å²) >= 11 is 0. The summed E-state index contributed by atoms with van der Waals surface area (Å²) in [6.07, 6.45) is -0.572. The zero-order chi connectivity index (χ0) is 19.3. The minimum absolute atomic E-state index is 0.116. The van der Waals surface area contributed by atoms with Gasteiger partial charge in [0.1, 0.15) is 18.1 Å². The molecule has 0 aliphatic carbocycles. The lowest BCUT2D eigenvalue weighted by Crippen LogP contribution is -2.43. The summed E-state index contributed by atoms with van der Waals surface area (Å²) in [5, 5.41) is 2.94. The first-order valence-electron chi connectivity index (χ1n) is 9.00. The van der Waals surface area contributed by atoms with E-state index in [1.54, 1.807) is 6.92 Å². The van der Waals surface area contributed by atoms with E-state index in [1.165, 1.54) is 5.56 Å². The quantitative estimate of drug-likeness (QED) is 0.807. The van der Waals surface area contributed by atoms with E-state index < -0.39 is 6.10 Å². The van der Waals surface area contributed by atoms with Gasteiger partial charge in [0.15, 0.2) is 6.10 Å². The van der Waals surface area contributed by atoms with Crippen molar-refractivity contribution in [1.82, 2.24) is 5.32 Å². The first-order valence-corrected chi connectivity index (χ1v) is 9.00. The number of hydrogen-bond acceptors (Lipinski definition) is 3. The number of carbonyl (C=O) groups is 1. The third kappa shape index (κ3) is 5.51. The number of hydrogen-bond donors (Lipinski definition) is 1. The lowest BCUT2D eigenvalue weighted by Gasteiger charge is -2.20. The Morgan fingerprint density at radius 3 is 2.31 bits per heavy atom. The van der Waals surface area contributed by atoms with Gasteiger partial charge in [-0.25, -0.2) is 0 Å². The van der Waals surface area contributed by atoms with Crippen molar-refractivity contribution in [3.05, 3.63) is 58.7 Å². The fraction of sp³-hybridized carbons (Fsp3) is 0.409. The monoisotopic (exact) mass is 355 g/mol. The van der Waals surface area contributed by atoms with Crippen LogP contribution in [0, 0.1) is 27.7 Å². The summed E-state index contributed by atoms with van der Waals surface area (Å²) in [7, 11) is 0. The van der Waals surface area contributed by atoms with Gasteiger partial charge in [-0.15, -0.1) is 0 Å². The second kappa shape index (κ2) is 8.75. The van der Waals surface area contributed by atoms with Crippen molar-refractivity contribution in [2.45, 2.75) is 53.7 Å². The zero-order valence-electron chi connectivity index (χ0n) is 16.6. The Labute approximate surface area is 156 Å². The van der Waals surface area contributed by atoms with Gasteiger partial charge < -0.3 is 14.8 Å². The van der Waals surface area contributed by atoms with E-state index in [0.29, 0.717) is 6.61 Å². The summed E-state index contributed by atoms with van der Waals surface area (Å²) in [4.78, 5) is 12.4. The van der Waals surface area contributed by atoms with Crippen LogP contribution in [0.25, 0.3) is 0 Å². The van der Waals surface area contributed by atoms with Gasteiger partial charge in [-0.1, -0.05) is 23.8 Å². The molecule has 0 heterocycles. The highest BCUT2D eigenvalue weighted by atomic mass is 16.5. The first-order chi connectivity index (χ1) is 12.3. The Bertz CT molecular complexity index is 753. The molecule has 0 aliphatic heterocycles. The van der Waals surface area contributed by atoms with Gasteiger partial charge in [0, 0.05) is 0 Å². The molecule has 2 atom stereocenters. The number of carbonyl (C=O) groups excluding carboxylic acids is 1. The van der Waals surface area contributed by atoms with E-state index >= 15 is 0 Å². The SMILES string of the molecule is Cc1ccc(OC[C@@H](C)NC(=O)[C@H](C)Oc2cc(C)cc(C)c2C)cc1. The van der Waals surface area contributed by atoms with Crippen molar-refractivity contribution < 1.29 is 14.3 Å². The molecule has 2 aromatic carbocycles. The summed E-state index contributed by atoms with van der Waals surface area (Å²) < 4.78 is 11.6. The van der Waals surface area contributed by atoms with Crippen LogP contribution in [0.3, 0.4) is 0 Å². The molecule has 4 heteroatoms. The normalized spacial score (nSPS) is 13.0. The number of rotatable bonds is 7. The Kier molecular flexibility index (Phi) is 6.67. The highest BCUT2D eigenvalue weighted by Gasteiger charge is 2.18. The molecule has 0 spiro atoms. The highest BCUT2D eigenvalue weighted by Crippen LogP contribution is 2.24. The maximum absolute atomic E-state index is 12.4. The van der Waals surface area contributed by atoms with Gasteiger partial charge in [0.2, 0.25) is 0 Å². The number of nitrogens with one attached hydrogen (secondary N) is 1. The lowest BCUT2D eigenvalue weighted by molar-refractivity contribution is -0.128. The predicted octanol–water partition coefficient (Wildman–Crippen LogP) is 4.27. The average Bonchev–Trinajstić information content (AvgIpc) is 2.58. The first kappa shape index (κ1) is 19.8. The Balaban J connectivity index is 1.87. The molecule has 0 radical (unpaired) electrons. The molecule has 0 saturated heterocycles. The van der Waals surface area contributed by atoms with Crippen LogP contribution in [-0.4, -0.2) is 24.7 Å². The summed E-state index contributed by atoms with van der Waals surface area (Å²) in [5.74, 6) is 1.41. The van der Waals surface area contributed by atoms with E-state index in [-0.39, 0.29) is 11.9 Å². The molecular weight excluding hydrogens is 326 g/mol.